The number of rotatable bonds is 2. The molecule has 2 unspecified atom stereocenters. The number of nitrogens with one attached hydrogen (secondary N) is 1. The lowest BCUT2D eigenvalue weighted by Gasteiger charge is -2.34. The van der Waals surface area contributed by atoms with Crippen molar-refractivity contribution in [2.45, 2.75) is 45.6 Å². The molecule has 1 aromatic carbocycles. The normalized spacial score (nSPS) is 26.1. The molecule has 2 atom stereocenters. The standard InChI is InChI=1S/C18H26N2O/c1-13-9-14(2)11-16(10-13)18(21)20-8-4-6-17(20)15-5-3-7-19-12-15/h9-11,15,17,19H,3-8,12H2,1-2H3. The van der Waals surface area contributed by atoms with Crippen molar-refractivity contribution in [2.75, 3.05) is 19.6 Å². The minimum Gasteiger partial charge on any atom is -0.335 e. The largest absolute Gasteiger partial charge is 0.335 e. The van der Waals surface area contributed by atoms with E-state index >= 15 is 0 Å². The van der Waals surface area contributed by atoms with E-state index in [2.05, 4.69) is 30.1 Å². The van der Waals surface area contributed by atoms with Crippen LogP contribution in [-0.2, 0) is 0 Å². The highest BCUT2D eigenvalue weighted by atomic mass is 16.2. The van der Waals surface area contributed by atoms with Crippen LogP contribution in [-0.4, -0.2) is 36.5 Å². The van der Waals surface area contributed by atoms with Crippen LogP contribution in [0.3, 0.4) is 0 Å². The van der Waals surface area contributed by atoms with Gasteiger partial charge in [-0.3, -0.25) is 4.79 Å². The Labute approximate surface area is 127 Å². The Balaban J connectivity index is 1.79. The summed E-state index contributed by atoms with van der Waals surface area (Å²) in [4.78, 5) is 15.1. The van der Waals surface area contributed by atoms with E-state index < -0.39 is 0 Å². The molecule has 0 aliphatic carbocycles. The number of piperidine rings is 1. The van der Waals surface area contributed by atoms with Crippen LogP contribution < -0.4 is 5.32 Å². The second kappa shape index (κ2) is 6.18. The fraction of sp³-hybridized carbons (Fsp3) is 0.611. The number of likely N-dealkylation sites (tertiary alicyclic amines) is 1. The van der Waals surface area contributed by atoms with Crippen molar-refractivity contribution in [1.82, 2.24) is 10.2 Å². The summed E-state index contributed by atoms with van der Waals surface area (Å²) in [6, 6.07) is 6.63. The lowest BCUT2D eigenvalue weighted by Crippen LogP contribution is -2.45. The number of benzene rings is 1. The number of carbonyl (C=O) groups is 1. The van der Waals surface area contributed by atoms with Gasteiger partial charge in [0.25, 0.3) is 5.91 Å². The maximum Gasteiger partial charge on any atom is 0.254 e. The molecule has 114 valence electrons. The molecule has 3 rings (SSSR count). The molecule has 2 heterocycles. The van der Waals surface area contributed by atoms with Crippen molar-refractivity contribution >= 4 is 5.91 Å². The van der Waals surface area contributed by atoms with E-state index in [1.54, 1.807) is 0 Å². The fourth-order valence-corrected chi connectivity index (χ4v) is 4.01. The lowest BCUT2D eigenvalue weighted by molar-refractivity contribution is 0.0670. The van der Waals surface area contributed by atoms with E-state index in [4.69, 9.17) is 0 Å². The molecule has 1 N–H and O–H groups in total. The molecule has 0 saturated carbocycles. The van der Waals surface area contributed by atoms with Gasteiger partial charge in [-0.2, -0.15) is 0 Å². The van der Waals surface area contributed by atoms with Gasteiger partial charge in [0, 0.05) is 18.2 Å². The second-order valence-electron chi connectivity index (χ2n) is 6.69. The summed E-state index contributed by atoms with van der Waals surface area (Å²) >= 11 is 0. The zero-order valence-corrected chi connectivity index (χ0v) is 13.2. The van der Waals surface area contributed by atoms with Crippen molar-refractivity contribution in [3.63, 3.8) is 0 Å². The summed E-state index contributed by atoms with van der Waals surface area (Å²) in [5.41, 5.74) is 3.21. The Morgan fingerprint density at radius 2 is 1.90 bits per heavy atom. The number of carbonyl (C=O) groups excluding carboxylic acids is 1. The molecule has 2 aliphatic heterocycles. The van der Waals surface area contributed by atoms with E-state index in [-0.39, 0.29) is 5.91 Å². The molecule has 3 heteroatoms. The van der Waals surface area contributed by atoms with Crippen LogP contribution >= 0.6 is 0 Å². The highest BCUT2D eigenvalue weighted by molar-refractivity contribution is 5.95. The fourth-order valence-electron chi connectivity index (χ4n) is 4.01. The van der Waals surface area contributed by atoms with E-state index in [0.717, 1.165) is 31.6 Å². The van der Waals surface area contributed by atoms with Gasteiger partial charge in [-0.1, -0.05) is 17.2 Å². The van der Waals surface area contributed by atoms with Crippen molar-refractivity contribution < 1.29 is 4.79 Å². The smallest absolute Gasteiger partial charge is 0.254 e. The van der Waals surface area contributed by atoms with Crippen LogP contribution in [0, 0.1) is 19.8 Å². The van der Waals surface area contributed by atoms with Crippen molar-refractivity contribution in [2.24, 2.45) is 5.92 Å². The van der Waals surface area contributed by atoms with Gasteiger partial charge in [-0.15, -0.1) is 0 Å². The maximum atomic E-state index is 12.9. The molecule has 3 nitrogen and oxygen atoms in total. The molecular weight excluding hydrogens is 260 g/mol. The minimum atomic E-state index is 0.231. The van der Waals surface area contributed by atoms with Crippen LogP contribution in [0.4, 0.5) is 0 Å². The summed E-state index contributed by atoms with van der Waals surface area (Å²) in [7, 11) is 0. The molecule has 2 fully saturated rings. The quantitative estimate of drug-likeness (QED) is 0.906. The number of hydrogen-bond acceptors (Lipinski definition) is 2. The lowest BCUT2D eigenvalue weighted by atomic mass is 9.90. The third kappa shape index (κ3) is 3.13. The van der Waals surface area contributed by atoms with Crippen molar-refractivity contribution in [3.8, 4) is 0 Å². The van der Waals surface area contributed by atoms with Crippen LogP contribution in [0.1, 0.15) is 47.2 Å². The SMILES string of the molecule is Cc1cc(C)cc(C(=O)N2CCCC2C2CCCNC2)c1. The summed E-state index contributed by atoms with van der Waals surface area (Å²) in [6.07, 6.45) is 4.82. The highest BCUT2D eigenvalue weighted by Gasteiger charge is 2.35. The van der Waals surface area contributed by atoms with E-state index in [9.17, 15) is 4.79 Å². The number of aryl methyl sites for hydroxylation is 2. The zero-order valence-electron chi connectivity index (χ0n) is 13.2. The average Bonchev–Trinajstić information content (AvgIpc) is 2.95. The molecule has 2 aliphatic rings. The van der Waals surface area contributed by atoms with Gasteiger partial charge in [0.15, 0.2) is 0 Å². The van der Waals surface area contributed by atoms with Crippen LogP contribution in [0.15, 0.2) is 18.2 Å². The predicted molar refractivity (Wildman–Crippen MR) is 85.6 cm³/mol. The Kier molecular flexibility index (Phi) is 4.29. The molecule has 2 saturated heterocycles. The molecule has 0 bridgehead atoms. The van der Waals surface area contributed by atoms with Gasteiger partial charge < -0.3 is 10.2 Å². The molecule has 21 heavy (non-hydrogen) atoms. The van der Waals surface area contributed by atoms with Gasteiger partial charge in [-0.05, 0) is 70.7 Å². The Morgan fingerprint density at radius 1 is 1.14 bits per heavy atom. The van der Waals surface area contributed by atoms with Gasteiger partial charge in [0.2, 0.25) is 0 Å². The monoisotopic (exact) mass is 286 g/mol. The van der Waals surface area contributed by atoms with E-state index in [0.29, 0.717) is 12.0 Å². The zero-order chi connectivity index (χ0) is 14.8. The summed E-state index contributed by atoms with van der Waals surface area (Å²) < 4.78 is 0. The summed E-state index contributed by atoms with van der Waals surface area (Å²) in [6.45, 7) is 7.26. The third-order valence-corrected chi connectivity index (χ3v) is 4.91. The predicted octanol–water partition coefficient (Wildman–Crippen LogP) is 2.91. The van der Waals surface area contributed by atoms with Gasteiger partial charge >= 0.3 is 0 Å². The first-order chi connectivity index (χ1) is 10.1. The summed E-state index contributed by atoms with van der Waals surface area (Å²) in [5.74, 6) is 0.867. The maximum absolute atomic E-state index is 12.9. The van der Waals surface area contributed by atoms with Gasteiger partial charge in [-0.25, -0.2) is 0 Å². The molecule has 0 radical (unpaired) electrons. The van der Waals surface area contributed by atoms with Crippen LogP contribution in [0.25, 0.3) is 0 Å². The molecular formula is C18H26N2O. The number of amides is 1. The number of nitrogens with zero attached hydrogens (tertiary/aromatic N) is 1. The molecule has 0 spiro atoms. The highest BCUT2D eigenvalue weighted by Crippen LogP contribution is 2.29. The Bertz CT molecular complexity index is 500. The number of hydrogen-bond donors (Lipinski definition) is 1. The first kappa shape index (κ1) is 14.6. The van der Waals surface area contributed by atoms with Gasteiger partial charge in [0.05, 0.1) is 0 Å². The molecule has 1 aromatic rings. The van der Waals surface area contributed by atoms with E-state index in [1.807, 2.05) is 12.1 Å². The summed E-state index contributed by atoms with van der Waals surface area (Å²) in [5, 5.41) is 3.49. The topological polar surface area (TPSA) is 32.3 Å². The molecule has 1 amide bonds. The van der Waals surface area contributed by atoms with Gasteiger partial charge in [0.1, 0.15) is 0 Å². The first-order valence-corrected chi connectivity index (χ1v) is 8.25. The molecule has 0 aromatic heterocycles. The third-order valence-electron chi connectivity index (χ3n) is 4.91. The van der Waals surface area contributed by atoms with Crippen LogP contribution in [0.5, 0.6) is 0 Å². The van der Waals surface area contributed by atoms with E-state index in [1.165, 1.54) is 30.4 Å². The second-order valence-corrected chi connectivity index (χ2v) is 6.69. The minimum absolute atomic E-state index is 0.231. The van der Waals surface area contributed by atoms with Crippen LogP contribution in [0.2, 0.25) is 0 Å². The average molecular weight is 286 g/mol. The van der Waals surface area contributed by atoms with Crippen molar-refractivity contribution in [3.05, 3.63) is 34.9 Å². The van der Waals surface area contributed by atoms with Crippen molar-refractivity contribution in [1.29, 1.82) is 0 Å². The Morgan fingerprint density at radius 3 is 2.57 bits per heavy atom. The first-order valence-electron chi connectivity index (χ1n) is 8.25. The Hall–Kier alpha value is -1.35.